The maximum atomic E-state index is 12.4. The number of amides is 1. The molecule has 1 aromatic heterocycles. The Hall–Kier alpha value is -2.13. The zero-order chi connectivity index (χ0) is 20.0. The van der Waals surface area contributed by atoms with Crippen molar-refractivity contribution in [2.24, 2.45) is 5.92 Å². The van der Waals surface area contributed by atoms with E-state index >= 15 is 0 Å². The van der Waals surface area contributed by atoms with Crippen molar-refractivity contribution in [2.45, 2.75) is 43.4 Å². The predicted molar refractivity (Wildman–Crippen MR) is 109 cm³/mol. The molecule has 0 unspecified atom stereocenters. The van der Waals surface area contributed by atoms with E-state index in [9.17, 15) is 13.2 Å². The first kappa shape index (κ1) is 20.6. The molecule has 2 N–H and O–H groups in total. The molecule has 1 aromatic carbocycles. The summed E-state index contributed by atoms with van der Waals surface area (Å²) < 4.78 is 32.4. The molecule has 0 aliphatic heterocycles. The average Bonchev–Trinajstić information content (AvgIpc) is 3.13. The molecule has 2 aromatic rings. The number of thiazole rings is 1. The average molecular weight is 424 g/mol. The predicted octanol–water partition coefficient (Wildman–Crippen LogP) is 3.19. The van der Waals surface area contributed by atoms with E-state index in [0.29, 0.717) is 23.9 Å². The van der Waals surface area contributed by atoms with Gasteiger partial charge in [-0.1, -0.05) is 19.3 Å². The second kappa shape index (κ2) is 9.38. The molecular weight excluding hydrogens is 398 g/mol. The van der Waals surface area contributed by atoms with Gasteiger partial charge in [0.1, 0.15) is 5.75 Å². The van der Waals surface area contributed by atoms with E-state index in [4.69, 9.17) is 4.74 Å². The van der Waals surface area contributed by atoms with Gasteiger partial charge in [0.05, 0.1) is 24.1 Å². The summed E-state index contributed by atoms with van der Waals surface area (Å²) in [6.07, 6.45) is 6.27. The highest BCUT2D eigenvalue weighted by Gasteiger charge is 2.18. The summed E-state index contributed by atoms with van der Waals surface area (Å²) in [4.78, 5) is 16.5. The van der Waals surface area contributed by atoms with Gasteiger partial charge in [-0.2, -0.15) is 0 Å². The Labute approximate surface area is 169 Å². The maximum Gasteiger partial charge on any atom is 0.263 e. The van der Waals surface area contributed by atoms with Crippen LogP contribution in [-0.2, 0) is 21.2 Å². The van der Waals surface area contributed by atoms with E-state index < -0.39 is 10.0 Å². The summed E-state index contributed by atoms with van der Waals surface area (Å²) in [6.45, 7) is 0.708. The number of ether oxygens (including phenoxy) is 1. The Kier molecular flexibility index (Phi) is 6.90. The standard InChI is InChI=1S/C19H25N3O4S2/c1-26-16-7-9-17(10-8-16)28(24,25)22-19-21-15(13-27-19)11-18(23)20-12-14-5-3-2-4-6-14/h7-10,13-14H,2-6,11-12H2,1H3,(H,20,23)(H,21,22). The van der Waals surface area contributed by atoms with Gasteiger partial charge in [-0.3, -0.25) is 9.52 Å². The number of methoxy groups -OCH3 is 1. The van der Waals surface area contributed by atoms with Crippen LogP contribution >= 0.6 is 11.3 Å². The molecule has 1 fully saturated rings. The van der Waals surface area contributed by atoms with Gasteiger partial charge in [0, 0.05) is 11.9 Å². The van der Waals surface area contributed by atoms with Crippen LogP contribution in [0.1, 0.15) is 37.8 Å². The third kappa shape index (κ3) is 5.68. The summed E-state index contributed by atoms with van der Waals surface area (Å²) in [7, 11) is -2.22. The fraction of sp³-hybridized carbons (Fsp3) is 0.474. The zero-order valence-corrected chi connectivity index (χ0v) is 17.4. The van der Waals surface area contributed by atoms with Crippen molar-refractivity contribution in [3.63, 3.8) is 0 Å². The SMILES string of the molecule is COc1ccc(S(=O)(=O)Nc2nc(CC(=O)NCC3CCCCC3)cs2)cc1. The highest BCUT2D eigenvalue weighted by molar-refractivity contribution is 7.93. The minimum absolute atomic E-state index is 0.0829. The number of carbonyl (C=O) groups excluding carboxylic acids is 1. The molecule has 9 heteroatoms. The van der Waals surface area contributed by atoms with Gasteiger partial charge >= 0.3 is 0 Å². The third-order valence-electron chi connectivity index (χ3n) is 4.80. The molecule has 0 atom stereocenters. The minimum atomic E-state index is -3.74. The summed E-state index contributed by atoms with van der Waals surface area (Å²) in [5, 5.41) is 4.91. The van der Waals surface area contributed by atoms with Gasteiger partial charge in [0.25, 0.3) is 10.0 Å². The van der Waals surface area contributed by atoms with Gasteiger partial charge in [0.2, 0.25) is 5.91 Å². The molecule has 7 nitrogen and oxygen atoms in total. The second-order valence-corrected chi connectivity index (χ2v) is 9.45. The van der Waals surface area contributed by atoms with Crippen molar-refractivity contribution in [2.75, 3.05) is 18.4 Å². The van der Waals surface area contributed by atoms with Crippen LogP contribution in [0.5, 0.6) is 5.75 Å². The first-order valence-electron chi connectivity index (χ1n) is 9.34. The van der Waals surface area contributed by atoms with Gasteiger partial charge in [-0.05, 0) is 43.0 Å². The molecule has 1 saturated carbocycles. The summed E-state index contributed by atoms with van der Waals surface area (Å²) in [5.74, 6) is 1.06. The topological polar surface area (TPSA) is 97.4 Å². The molecule has 1 aliphatic rings. The largest absolute Gasteiger partial charge is 0.497 e. The molecule has 152 valence electrons. The molecular formula is C19H25N3O4S2. The molecule has 1 heterocycles. The van der Waals surface area contributed by atoms with Crippen LogP contribution < -0.4 is 14.8 Å². The Morgan fingerprint density at radius 3 is 2.61 bits per heavy atom. The number of carbonyl (C=O) groups is 1. The first-order valence-corrected chi connectivity index (χ1v) is 11.7. The van der Waals surface area contributed by atoms with Crippen LogP contribution in [0, 0.1) is 5.92 Å². The number of aromatic nitrogens is 1. The number of anilines is 1. The lowest BCUT2D eigenvalue weighted by atomic mass is 9.89. The number of rotatable bonds is 8. The Morgan fingerprint density at radius 1 is 1.21 bits per heavy atom. The van der Waals surface area contributed by atoms with Crippen LogP contribution in [-0.4, -0.2) is 33.0 Å². The smallest absolute Gasteiger partial charge is 0.263 e. The summed E-state index contributed by atoms with van der Waals surface area (Å²) in [6, 6.07) is 6.10. The summed E-state index contributed by atoms with van der Waals surface area (Å²) in [5.41, 5.74) is 0.554. The number of hydrogen-bond acceptors (Lipinski definition) is 6. The molecule has 3 rings (SSSR count). The number of sulfonamides is 1. The van der Waals surface area contributed by atoms with Crippen molar-refractivity contribution in [3.8, 4) is 5.75 Å². The van der Waals surface area contributed by atoms with E-state index in [-0.39, 0.29) is 22.4 Å². The lowest BCUT2D eigenvalue weighted by Crippen LogP contribution is -2.31. The fourth-order valence-electron chi connectivity index (χ4n) is 3.24. The van der Waals surface area contributed by atoms with Crippen molar-refractivity contribution in [3.05, 3.63) is 35.3 Å². The Balaban J connectivity index is 1.53. The van der Waals surface area contributed by atoms with Gasteiger partial charge in [-0.25, -0.2) is 13.4 Å². The van der Waals surface area contributed by atoms with E-state index in [1.165, 1.54) is 51.3 Å². The van der Waals surface area contributed by atoms with Crippen molar-refractivity contribution in [1.29, 1.82) is 0 Å². The molecule has 1 amide bonds. The molecule has 0 saturated heterocycles. The van der Waals surface area contributed by atoms with Crippen LogP contribution in [0.25, 0.3) is 0 Å². The van der Waals surface area contributed by atoms with Gasteiger partial charge in [0.15, 0.2) is 5.13 Å². The van der Waals surface area contributed by atoms with Crippen molar-refractivity contribution in [1.82, 2.24) is 10.3 Å². The highest BCUT2D eigenvalue weighted by Crippen LogP contribution is 2.23. The van der Waals surface area contributed by atoms with Crippen molar-refractivity contribution < 1.29 is 17.9 Å². The van der Waals surface area contributed by atoms with E-state index in [0.717, 1.165) is 11.3 Å². The molecule has 28 heavy (non-hydrogen) atoms. The molecule has 0 bridgehead atoms. The summed E-state index contributed by atoms with van der Waals surface area (Å²) >= 11 is 1.16. The van der Waals surface area contributed by atoms with Crippen LogP contribution in [0.15, 0.2) is 34.5 Å². The highest BCUT2D eigenvalue weighted by atomic mass is 32.2. The quantitative estimate of drug-likeness (QED) is 0.680. The lowest BCUT2D eigenvalue weighted by molar-refractivity contribution is -0.120. The number of nitrogens with one attached hydrogen (secondary N) is 2. The second-order valence-electron chi connectivity index (χ2n) is 6.91. The van der Waals surface area contributed by atoms with Crippen LogP contribution in [0.2, 0.25) is 0 Å². The van der Waals surface area contributed by atoms with Gasteiger partial charge < -0.3 is 10.1 Å². The number of benzene rings is 1. The number of hydrogen-bond donors (Lipinski definition) is 2. The maximum absolute atomic E-state index is 12.4. The zero-order valence-electron chi connectivity index (χ0n) is 15.8. The minimum Gasteiger partial charge on any atom is -0.497 e. The molecule has 0 radical (unpaired) electrons. The number of nitrogens with zero attached hydrogens (tertiary/aromatic N) is 1. The van der Waals surface area contributed by atoms with E-state index in [2.05, 4.69) is 15.0 Å². The first-order chi connectivity index (χ1) is 13.5. The fourth-order valence-corrected chi connectivity index (χ4v) is 5.20. The third-order valence-corrected chi connectivity index (χ3v) is 7.09. The normalized spacial score (nSPS) is 15.2. The lowest BCUT2D eigenvalue weighted by Gasteiger charge is -2.21. The Morgan fingerprint density at radius 2 is 1.93 bits per heavy atom. The monoisotopic (exact) mass is 423 g/mol. The molecule has 0 spiro atoms. The van der Waals surface area contributed by atoms with E-state index in [1.54, 1.807) is 17.5 Å². The van der Waals surface area contributed by atoms with Crippen LogP contribution in [0.3, 0.4) is 0 Å². The van der Waals surface area contributed by atoms with Crippen molar-refractivity contribution >= 4 is 32.4 Å². The van der Waals surface area contributed by atoms with Gasteiger partial charge in [-0.15, -0.1) is 11.3 Å². The van der Waals surface area contributed by atoms with E-state index in [1.807, 2.05) is 0 Å². The molecule has 1 aliphatic carbocycles. The Bertz CT molecular complexity index is 888. The van der Waals surface area contributed by atoms with Crippen LogP contribution in [0.4, 0.5) is 5.13 Å².